The third-order valence-electron chi connectivity index (χ3n) is 3.99. The summed E-state index contributed by atoms with van der Waals surface area (Å²) in [6.07, 6.45) is 1.19. The standard InChI is InChI=1S/C19H25N/c1-4-15(3)16-10-12-17(13-11-16)19-9-7-6-8-18(19)14-20-5-2/h6-13,15,20H,4-5,14H2,1-3H3. The van der Waals surface area contributed by atoms with Gasteiger partial charge in [0.05, 0.1) is 0 Å². The van der Waals surface area contributed by atoms with E-state index in [1.807, 2.05) is 0 Å². The molecule has 1 N–H and O–H groups in total. The molecule has 1 heteroatoms. The number of hydrogen-bond donors (Lipinski definition) is 1. The van der Waals surface area contributed by atoms with Gasteiger partial charge in [0, 0.05) is 6.54 Å². The molecule has 0 saturated carbocycles. The highest BCUT2D eigenvalue weighted by atomic mass is 14.8. The van der Waals surface area contributed by atoms with Crippen molar-refractivity contribution in [3.05, 3.63) is 59.7 Å². The molecule has 0 fully saturated rings. The van der Waals surface area contributed by atoms with Crippen molar-refractivity contribution < 1.29 is 0 Å². The topological polar surface area (TPSA) is 12.0 Å². The number of benzene rings is 2. The minimum atomic E-state index is 0.640. The van der Waals surface area contributed by atoms with Gasteiger partial charge in [-0.3, -0.25) is 0 Å². The zero-order valence-electron chi connectivity index (χ0n) is 12.8. The van der Waals surface area contributed by atoms with Crippen molar-refractivity contribution in [2.45, 2.75) is 39.7 Å². The van der Waals surface area contributed by atoms with Crippen molar-refractivity contribution in [1.29, 1.82) is 0 Å². The van der Waals surface area contributed by atoms with Crippen molar-refractivity contribution in [2.75, 3.05) is 6.54 Å². The fourth-order valence-corrected chi connectivity index (χ4v) is 2.44. The van der Waals surface area contributed by atoms with Gasteiger partial charge in [-0.15, -0.1) is 0 Å². The van der Waals surface area contributed by atoms with E-state index in [4.69, 9.17) is 0 Å². The Morgan fingerprint density at radius 1 is 0.950 bits per heavy atom. The Hall–Kier alpha value is -1.60. The Labute approximate surface area is 123 Å². The summed E-state index contributed by atoms with van der Waals surface area (Å²) < 4.78 is 0. The first kappa shape index (κ1) is 14.8. The quantitative estimate of drug-likeness (QED) is 0.778. The van der Waals surface area contributed by atoms with Crippen LogP contribution in [0.1, 0.15) is 44.2 Å². The van der Waals surface area contributed by atoms with Gasteiger partial charge in [0.2, 0.25) is 0 Å². The maximum Gasteiger partial charge on any atom is 0.0211 e. The second-order valence-electron chi connectivity index (χ2n) is 5.37. The highest BCUT2D eigenvalue weighted by Gasteiger charge is 2.06. The van der Waals surface area contributed by atoms with Gasteiger partial charge in [-0.2, -0.15) is 0 Å². The smallest absolute Gasteiger partial charge is 0.0211 e. The van der Waals surface area contributed by atoms with Gasteiger partial charge in [0.15, 0.2) is 0 Å². The molecule has 1 nitrogen and oxygen atoms in total. The fourth-order valence-electron chi connectivity index (χ4n) is 2.44. The van der Waals surface area contributed by atoms with Crippen molar-refractivity contribution in [1.82, 2.24) is 5.32 Å². The average molecular weight is 267 g/mol. The predicted octanol–water partition coefficient (Wildman–Crippen LogP) is 4.98. The summed E-state index contributed by atoms with van der Waals surface area (Å²) in [7, 11) is 0. The second kappa shape index (κ2) is 7.25. The molecule has 0 aliphatic heterocycles. The fraction of sp³-hybridized carbons (Fsp3) is 0.368. The van der Waals surface area contributed by atoms with E-state index in [1.54, 1.807) is 0 Å². The van der Waals surface area contributed by atoms with Crippen LogP contribution >= 0.6 is 0 Å². The normalized spacial score (nSPS) is 12.3. The van der Waals surface area contributed by atoms with Gasteiger partial charge in [0.25, 0.3) is 0 Å². The minimum absolute atomic E-state index is 0.640. The molecule has 1 unspecified atom stereocenters. The van der Waals surface area contributed by atoms with Crippen molar-refractivity contribution >= 4 is 0 Å². The lowest BCUT2D eigenvalue weighted by atomic mass is 9.94. The first-order valence-corrected chi connectivity index (χ1v) is 7.65. The van der Waals surface area contributed by atoms with E-state index < -0.39 is 0 Å². The van der Waals surface area contributed by atoms with Crippen LogP contribution in [-0.4, -0.2) is 6.54 Å². The van der Waals surface area contributed by atoms with Crippen LogP contribution in [0.25, 0.3) is 11.1 Å². The summed E-state index contributed by atoms with van der Waals surface area (Å²) in [4.78, 5) is 0. The lowest BCUT2D eigenvalue weighted by Crippen LogP contribution is -2.12. The van der Waals surface area contributed by atoms with Gasteiger partial charge in [-0.1, -0.05) is 69.3 Å². The number of nitrogens with one attached hydrogen (secondary N) is 1. The van der Waals surface area contributed by atoms with Gasteiger partial charge >= 0.3 is 0 Å². The molecule has 2 rings (SSSR count). The third-order valence-corrected chi connectivity index (χ3v) is 3.99. The van der Waals surface area contributed by atoms with Crippen LogP contribution in [0.4, 0.5) is 0 Å². The van der Waals surface area contributed by atoms with Crippen LogP contribution < -0.4 is 5.32 Å². The van der Waals surface area contributed by atoms with Crippen LogP contribution in [0, 0.1) is 0 Å². The molecule has 0 spiro atoms. The molecule has 0 radical (unpaired) electrons. The highest BCUT2D eigenvalue weighted by Crippen LogP contribution is 2.26. The zero-order chi connectivity index (χ0) is 14.4. The molecule has 0 saturated heterocycles. The zero-order valence-corrected chi connectivity index (χ0v) is 12.8. The Bertz CT molecular complexity index is 528. The Morgan fingerprint density at radius 2 is 1.65 bits per heavy atom. The molecule has 0 bridgehead atoms. The molecule has 0 aromatic heterocycles. The SMILES string of the molecule is CCNCc1ccccc1-c1ccc(C(C)CC)cc1. The minimum Gasteiger partial charge on any atom is -0.313 e. The van der Waals surface area contributed by atoms with E-state index in [0.717, 1.165) is 13.1 Å². The highest BCUT2D eigenvalue weighted by molar-refractivity contribution is 5.67. The van der Waals surface area contributed by atoms with E-state index in [9.17, 15) is 0 Å². The second-order valence-corrected chi connectivity index (χ2v) is 5.37. The Kier molecular flexibility index (Phi) is 5.37. The first-order valence-electron chi connectivity index (χ1n) is 7.65. The predicted molar refractivity (Wildman–Crippen MR) is 88.0 cm³/mol. The molecule has 20 heavy (non-hydrogen) atoms. The summed E-state index contributed by atoms with van der Waals surface area (Å²) in [5, 5.41) is 3.41. The van der Waals surface area contributed by atoms with Crippen molar-refractivity contribution in [3.8, 4) is 11.1 Å². The average Bonchev–Trinajstić information content (AvgIpc) is 2.52. The summed E-state index contributed by atoms with van der Waals surface area (Å²) in [5.74, 6) is 0.640. The summed E-state index contributed by atoms with van der Waals surface area (Å²) in [6, 6.07) is 17.7. The first-order chi connectivity index (χ1) is 9.76. The van der Waals surface area contributed by atoms with Gasteiger partial charge < -0.3 is 5.32 Å². The van der Waals surface area contributed by atoms with Gasteiger partial charge in [0.1, 0.15) is 0 Å². The molecule has 2 aromatic rings. The summed E-state index contributed by atoms with van der Waals surface area (Å²) in [6.45, 7) is 8.60. The van der Waals surface area contributed by atoms with Gasteiger partial charge in [-0.05, 0) is 41.1 Å². The molecule has 1 atom stereocenters. The molecular weight excluding hydrogens is 242 g/mol. The molecular formula is C19H25N. The van der Waals surface area contributed by atoms with Crippen molar-refractivity contribution in [3.63, 3.8) is 0 Å². The molecule has 0 amide bonds. The van der Waals surface area contributed by atoms with E-state index >= 15 is 0 Å². The third kappa shape index (κ3) is 3.49. The Morgan fingerprint density at radius 3 is 2.30 bits per heavy atom. The van der Waals surface area contributed by atoms with Crippen molar-refractivity contribution in [2.24, 2.45) is 0 Å². The van der Waals surface area contributed by atoms with Crippen LogP contribution in [0.2, 0.25) is 0 Å². The van der Waals surface area contributed by atoms with E-state index in [-0.39, 0.29) is 0 Å². The lowest BCUT2D eigenvalue weighted by molar-refractivity contribution is 0.727. The lowest BCUT2D eigenvalue weighted by Gasteiger charge is -2.13. The number of rotatable bonds is 6. The van der Waals surface area contributed by atoms with Crippen LogP contribution in [-0.2, 0) is 6.54 Å². The molecule has 0 aliphatic carbocycles. The van der Waals surface area contributed by atoms with E-state index in [2.05, 4.69) is 74.6 Å². The van der Waals surface area contributed by atoms with E-state index in [1.165, 1.54) is 28.7 Å². The molecule has 2 aromatic carbocycles. The van der Waals surface area contributed by atoms with Crippen LogP contribution in [0.15, 0.2) is 48.5 Å². The summed E-state index contributed by atoms with van der Waals surface area (Å²) in [5.41, 5.74) is 5.45. The molecule has 0 heterocycles. The molecule has 0 aliphatic rings. The van der Waals surface area contributed by atoms with Gasteiger partial charge in [-0.25, -0.2) is 0 Å². The number of hydrogen-bond acceptors (Lipinski definition) is 1. The molecule has 106 valence electrons. The monoisotopic (exact) mass is 267 g/mol. The largest absolute Gasteiger partial charge is 0.313 e. The Balaban J connectivity index is 2.27. The maximum atomic E-state index is 3.41. The maximum absolute atomic E-state index is 3.41. The summed E-state index contributed by atoms with van der Waals surface area (Å²) >= 11 is 0. The van der Waals surface area contributed by atoms with E-state index in [0.29, 0.717) is 5.92 Å². The van der Waals surface area contributed by atoms with Crippen LogP contribution in [0.5, 0.6) is 0 Å². The van der Waals surface area contributed by atoms with Crippen LogP contribution in [0.3, 0.4) is 0 Å².